The summed E-state index contributed by atoms with van der Waals surface area (Å²) in [7, 11) is -2.76. The topological polar surface area (TPSA) is 85.4 Å². The molecule has 3 rings (SSSR count). The van der Waals surface area contributed by atoms with Gasteiger partial charge in [0.1, 0.15) is 12.3 Å². The molecule has 8 heteroatoms. The van der Waals surface area contributed by atoms with Crippen molar-refractivity contribution < 1.29 is 27.4 Å². The van der Waals surface area contributed by atoms with Crippen molar-refractivity contribution in [2.75, 3.05) is 13.7 Å². The molecule has 126 valence electrons. The first-order valence-electron chi connectivity index (χ1n) is 7.37. The van der Waals surface area contributed by atoms with Gasteiger partial charge < -0.3 is 14.2 Å². The second-order valence-electron chi connectivity index (χ2n) is 5.55. The molecule has 2 aliphatic rings. The fourth-order valence-electron chi connectivity index (χ4n) is 2.98. The molecule has 23 heavy (non-hydrogen) atoms. The number of aryl methyl sites for hydroxylation is 1. The molecular formula is C15H19NO6S. The molecule has 2 fully saturated rings. The molecule has 0 N–H and O–H groups in total. The summed E-state index contributed by atoms with van der Waals surface area (Å²) in [6, 6.07) is 6.42. The van der Waals surface area contributed by atoms with Crippen LogP contribution in [0.5, 0.6) is 0 Å². The van der Waals surface area contributed by atoms with E-state index in [1.807, 2.05) is 6.92 Å². The lowest BCUT2D eigenvalue weighted by Crippen LogP contribution is -2.51. The van der Waals surface area contributed by atoms with Gasteiger partial charge >= 0.3 is 5.97 Å². The maximum Gasteiger partial charge on any atom is 0.357 e. The summed E-state index contributed by atoms with van der Waals surface area (Å²) in [5.41, 5.74) is -0.659. The fourth-order valence-corrected chi connectivity index (χ4v) is 4.73. The Bertz CT molecular complexity index is 716. The third-order valence-electron chi connectivity index (χ3n) is 4.12. The van der Waals surface area contributed by atoms with Gasteiger partial charge in [-0.1, -0.05) is 17.7 Å². The summed E-state index contributed by atoms with van der Waals surface area (Å²) in [5, 5.41) is 0. The molecule has 0 radical (unpaired) electrons. The third-order valence-corrected chi connectivity index (χ3v) is 6.01. The largest absolute Gasteiger partial charge is 0.466 e. The van der Waals surface area contributed by atoms with Crippen molar-refractivity contribution in [3.63, 3.8) is 0 Å². The number of carbonyl (C=O) groups is 1. The second-order valence-corrected chi connectivity index (χ2v) is 7.37. The van der Waals surface area contributed by atoms with Crippen LogP contribution in [0.15, 0.2) is 29.2 Å². The van der Waals surface area contributed by atoms with Crippen molar-refractivity contribution in [1.82, 2.24) is 4.31 Å². The number of hydrogen-bond acceptors (Lipinski definition) is 6. The molecule has 7 nitrogen and oxygen atoms in total. The lowest BCUT2D eigenvalue weighted by atomic mass is 10.2. The van der Waals surface area contributed by atoms with Crippen LogP contribution in [0.1, 0.15) is 18.9 Å². The van der Waals surface area contributed by atoms with E-state index in [0.717, 1.165) is 9.87 Å². The van der Waals surface area contributed by atoms with Crippen LogP contribution < -0.4 is 0 Å². The Morgan fingerprint density at radius 2 is 2.04 bits per heavy atom. The van der Waals surface area contributed by atoms with E-state index in [4.69, 9.17) is 14.2 Å². The van der Waals surface area contributed by atoms with Gasteiger partial charge in [-0.3, -0.25) is 0 Å². The smallest absolute Gasteiger partial charge is 0.357 e. The molecule has 0 aliphatic carbocycles. The number of benzene rings is 1. The average molecular weight is 341 g/mol. The summed E-state index contributed by atoms with van der Waals surface area (Å²) in [6.45, 7) is 3.96. The van der Waals surface area contributed by atoms with Crippen LogP contribution in [0.2, 0.25) is 0 Å². The lowest BCUT2D eigenvalue weighted by Gasteiger charge is -2.29. The highest BCUT2D eigenvalue weighted by Crippen LogP contribution is 2.53. The van der Waals surface area contributed by atoms with E-state index in [0.29, 0.717) is 13.0 Å². The van der Waals surface area contributed by atoms with Gasteiger partial charge in [0.25, 0.3) is 5.72 Å². The predicted molar refractivity (Wildman–Crippen MR) is 79.9 cm³/mol. The summed E-state index contributed by atoms with van der Waals surface area (Å²) < 4.78 is 42.8. The zero-order valence-electron chi connectivity index (χ0n) is 13.2. The van der Waals surface area contributed by atoms with Crippen LogP contribution in [0, 0.1) is 6.92 Å². The number of ether oxygens (including phenoxy) is 3. The highest BCUT2D eigenvalue weighted by molar-refractivity contribution is 7.89. The normalized spacial score (nSPS) is 30.0. The van der Waals surface area contributed by atoms with E-state index >= 15 is 0 Å². The van der Waals surface area contributed by atoms with Crippen LogP contribution in [-0.4, -0.2) is 50.5 Å². The summed E-state index contributed by atoms with van der Waals surface area (Å²) in [4.78, 5) is 12.3. The summed E-state index contributed by atoms with van der Waals surface area (Å²) >= 11 is 0. The Morgan fingerprint density at radius 1 is 1.39 bits per heavy atom. The molecule has 0 unspecified atom stereocenters. The lowest BCUT2D eigenvalue weighted by molar-refractivity contribution is -0.157. The van der Waals surface area contributed by atoms with Gasteiger partial charge in [-0.25, -0.2) is 13.2 Å². The molecule has 0 amide bonds. The first-order valence-corrected chi connectivity index (χ1v) is 8.81. The molecular weight excluding hydrogens is 322 g/mol. The molecule has 2 aliphatic heterocycles. The van der Waals surface area contributed by atoms with Gasteiger partial charge in [0.05, 0.1) is 12.0 Å². The summed E-state index contributed by atoms with van der Waals surface area (Å²) in [6.07, 6.45) is -0.982. The average Bonchev–Trinajstić information content (AvgIpc) is 3.13. The van der Waals surface area contributed by atoms with E-state index in [9.17, 15) is 13.2 Å². The van der Waals surface area contributed by atoms with Gasteiger partial charge in [-0.2, -0.15) is 0 Å². The van der Waals surface area contributed by atoms with E-state index in [-0.39, 0.29) is 4.90 Å². The Balaban J connectivity index is 2.05. The van der Waals surface area contributed by atoms with Crippen molar-refractivity contribution >= 4 is 16.0 Å². The van der Waals surface area contributed by atoms with Gasteiger partial charge in [0, 0.05) is 13.0 Å². The van der Waals surface area contributed by atoms with Crippen molar-refractivity contribution in [2.45, 2.75) is 43.2 Å². The highest BCUT2D eigenvalue weighted by Gasteiger charge is 2.77. The van der Waals surface area contributed by atoms with E-state index in [2.05, 4.69) is 0 Å². The van der Waals surface area contributed by atoms with Crippen LogP contribution in [0.4, 0.5) is 0 Å². The SMILES string of the molecule is CCO[C@@H]1C[C@H]2O[C@@]2(C(=O)OC)N1S(=O)(=O)c1ccc(C)cc1. The molecule has 1 aromatic carbocycles. The maximum atomic E-state index is 13.1. The molecule has 0 saturated carbocycles. The van der Waals surface area contributed by atoms with E-state index < -0.39 is 34.0 Å². The minimum Gasteiger partial charge on any atom is -0.466 e. The minimum absolute atomic E-state index is 0.0900. The number of esters is 1. The van der Waals surface area contributed by atoms with Gasteiger partial charge in [-0.15, -0.1) is 4.31 Å². The van der Waals surface area contributed by atoms with Crippen LogP contribution in [-0.2, 0) is 29.0 Å². The Hall–Kier alpha value is -1.48. The monoisotopic (exact) mass is 341 g/mol. The molecule has 0 bridgehead atoms. The zero-order chi connectivity index (χ0) is 16.8. The number of methoxy groups -OCH3 is 1. The van der Waals surface area contributed by atoms with E-state index in [1.165, 1.54) is 19.2 Å². The van der Waals surface area contributed by atoms with Crippen molar-refractivity contribution in [1.29, 1.82) is 0 Å². The minimum atomic E-state index is -3.97. The fraction of sp³-hybridized carbons (Fsp3) is 0.533. The Labute approximate surface area is 135 Å². The number of epoxide rings is 1. The number of fused-ring (bicyclic) bond motifs is 1. The van der Waals surface area contributed by atoms with E-state index in [1.54, 1.807) is 19.1 Å². The summed E-state index contributed by atoms with van der Waals surface area (Å²) in [5.74, 6) is -0.722. The first-order chi connectivity index (χ1) is 10.9. The number of hydrogen-bond donors (Lipinski definition) is 0. The first kappa shape index (κ1) is 16.4. The van der Waals surface area contributed by atoms with Gasteiger partial charge in [-0.05, 0) is 26.0 Å². The number of carbonyl (C=O) groups excluding carboxylic acids is 1. The number of nitrogens with zero attached hydrogens (tertiary/aromatic N) is 1. The second kappa shape index (κ2) is 5.55. The van der Waals surface area contributed by atoms with Crippen molar-refractivity contribution in [2.24, 2.45) is 0 Å². The van der Waals surface area contributed by atoms with Gasteiger partial charge in [0.15, 0.2) is 0 Å². The van der Waals surface area contributed by atoms with Crippen LogP contribution in [0.25, 0.3) is 0 Å². The molecule has 2 saturated heterocycles. The van der Waals surface area contributed by atoms with Crippen molar-refractivity contribution in [3.8, 4) is 0 Å². The quantitative estimate of drug-likeness (QED) is 0.587. The molecule has 1 aromatic rings. The molecule has 0 spiro atoms. The van der Waals surface area contributed by atoms with Gasteiger partial charge in [0.2, 0.25) is 10.0 Å². The molecule has 0 aromatic heterocycles. The number of rotatable bonds is 5. The molecule has 3 atom stereocenters. The van der Waals surface area contributed by atoms with Crippen LogP contribution >= 0.6 is 0 Å². The maximum absolute atomic E-state index is 13.1. The number of sulfonamides is 1. The zero-order valence-corrected chi connectivity index (χ0v) is 14.0. The predicted octanol–water partition coefficient (Wildman–Crippen LogP) is 1.02. The highest BCUT2D eigenvalue weighted by atomic mass is 32.2. The Morgan fingerprint density at radius 3 is 2.61 bits per heavy atom. The van der Waals surface area contributed by atoms with Crippen LogP contribution in [0.3, 0.4) is 0 Å². The Kier molecular flexibility index (Phi) is 3.96. The third kappa shape index (κ3) is 2.37. The standard InChI is InChI=1S/C15H19NO6S/c1-4-21-13-9-12-15(22-12,14(17)20-3)16(13)23(18,19)11-7-5-10(2)6-8-11/h5-8,12-13H,4,9H2,1-3H3/t12-,13-,15+/m1/s1. The molecule has 2 heterocycles. The van der Waals surface area contributed by atoms with Crippen molar-refractivity contribution in [3.05, 3.63) is 29.8 Å².